The zero-order valence-electron chi connectivity index (χ0n) is 10.3. The lowest BCUT2D eigenvalue weighted by Crippen LogP contribution is -2.57. The van der Waals surface area contributed by atoms with E-state index in [-0.39, 0.29) is 0 Å². The second kappa shape index (κ2) is 5.07. The Labute approximate surface area is 98.4 Å². The Kier molecular flexibility index (Phi) is 3.97. The molecule has 15 heavy (non-hydrogen) atoms. The first-order chi connectivity index (χ1) is 7.22. The maximum atomic E-state index is 2.73. The summed E-state index contributed by atoms with van der Waals surface area (Å²) in [5.74, 6) is 1.27. The molecule has 0 bridgehead atoms. The van der Waals surface area contributed by atoms with E-state index in [0.29, 0.717) is 0 Å². The third-order valence-corrected chi connectivity index (χ3v) is 4.78. The van der Waals surface area contributed by atoms with Crippen LogP contribution in [0.1, 0.15) is 26.7 Å². The van der Waals surface area contributed by atoms with E-state index in [2.05, 4.69) is 29.9 Å². The van der Waals surface area contributed by atoms with Crippen molar-refractivity contribution < 1.29 is 0 Å². The molecule has 2 saturated heterocycles. The average Bonchev–Trinajstić information content (AvgIpc) is 2.63. The van der Waals surface area contributed by atoms with Crippen molar-refractivity contribution in [2.75, 3.05) is 31.6 Å². The predicted octanol–water partition coefficient (Wildman–Crippen LogP) is 1.91. The molecule has 2 aliphatic rings. The second-order valence-electron chi connectivity index (χ2n) is 5.14. The zero-order valence-corrected chi connectivity index (χ0v) is 11.1. The van der Waals surface area contributed by atoms with E-state index in [0.717, 1.165) is 18.1 Å². The first kappa shape index (κ1) is 11.7. The lowest BCUT2D eigenvalue weighted by Gasteiger charge is -2.45. The van der Waals surface area contributed by atoms with Crippen LogP contribution in [0.15, 0.2) is 0 Å². The van der Waals surface area contributed by atoms with E-state index >= 15 is 0 Å². The summed E-state index contributed by atoms with van der Waals surface area (Å²) in [5.41, 5.74) is 0. The number of rotatable bonds is 3. The number of hydrogen-bond donors (Lipinski definition) is 0. The fourth-order valence-corrected chi connectivity index (χ4v) is 3.84. The minimum atomic E-state index is 0.748. The maximum absolute atomic E-state index is 2.73. The molecular formula is C12H24N2S. The van der Waals surface area contributed by atoms with Crippen molar-refractivity contribution in [1.29, 1.82) is 0 Å². The van der Waals surface area contributed by atoms with Crippen molar-refractivity contribution in [2.45, 2.75) is 44.8 Å². The topological polar surface area (TPSA) is 6.48 Å². The molecule has 0 radical (unpaired) electrons. The second-order valence-corrected chi connectivity index (χ2v) is 6.05. The van der Waals surface area contributed by atoms with Gasteiger partial charge in [-0.2, -0.15) is 11.8 Å². The molecular weight excluding hydrogens is 204 g/mol. The molecule has 2 heterocycles. The van der Waals surface area contributed by atoms with E-state index in [9.17, 15) is 0 Å². The molecule has 3 unspecified atom stereocenters. The Hall–Kier alpha value is 0.270. The van der Waals surface area contributed by atoms with Gasteiger partial charge in [0.05, 0.1) is 0 Å². The summed E-state index contributed by atoms with van der Waals surface area (Å²) in [5, 5.41) is 0. The third kappa shape index (κ3) is 2.51. The van der Waals surface area contributed by atoms with Crippen LogP contribution in [-0.2, 0) is 0 Å². The summed E-state index contributed by atoms with van der Waals surface area (Å²) in [6.45, 7) is 8.73. The van der Waals surface area contributed by atoms with Crippen LogP contribution in [-0.4, -0.2) is 59.6 Å². The lowest BCUT2D eigenvalue weighted by atomic mass is 10.1. The smallest absolute Gasteiger partial charge is 0.0224 e. The standard InChI is InChI=1S/C12H24N2S/c1-10-7-13-6-4-5-12(13)8-14(10)11(2)9-15-3/h10-12H,4-9H2,1-3H3. The molecule has 88 valence electrons. The Balaban J connectivity index is 1.94. The van der Waals surface area contributed by atoms with E-state index in [1.54, 1.807) is 0 Å². The molecule has 0 spiro atoms. The van der Waals surface area contributed by atoms with Gasteiger partial charge in [-0.05, 0) is 39.5 Å². The van der Waals surface area contributed by atoms with E-state index in [1.165, 1.54) is 38.2 Å². The summed E-state index contributed by atoms with van der Waals surface area (Å²) in [6, 6.07) is 2.37. The molecule has 0 aliphatic carbocycles. The van der Waals surface area contributed by atoms with Crippen LogP contribution in [0.25, 0.3) is 0 Å². The van der Waals surface area contributed by atoms with Crippen LogP contribution in [0.4, 0.5) is 0 Å². The molecule has 0 N–H and O–H groups in total. The van der Waals surface area contributed by atoms with Crippen molar-refractivity contribution in [3.05, 3.63) is 0 Å². The van der Waals surface area contributed by atoms with Crippen molar-refractivity contribution in [3.8, 4) is 0 Å². The van der Waals surface area contributed by atoms with Gasteiger partial charge < -0.3 is 0 Å². The molecule has 2 nitrogen and oxygen atoms in total. The summed E-state index contributed by atoms with van der Waals surface area (Å²) >= 11 is 1.98. The van der Waals surface area contributed by atoms with Gasteiger partial charge in [0.25, 0.3) is 0 Å². The quantitative estimate of drug-likeness (QED) is 0.728. The molecule has 0 aromatic heterocycles. The first-order valence-corrected chi connectivity index (χ1v) is 7.60. The predicted molar refractivity (Wildman–Crippen MR) is 68.6 cm³/mol. The largest absolute Gasteiger partial charge is 0.298 e. The first-order valence-electron chi connectivity index (χ1n) is 6.21. The molecule has 2 rings (SSSR count). The van der Waals surface area contributed by atoms with Crippen LogP contribution in [0.5, 0.6) is 0 Å². The van der Waals surface area contributed by atoms with Gasteiger partial charge in [0.15, 0.2) is 0 Å². The number of thioether (sulfide) groups is 1. The fraction of sp³-hybridized carbons (Fsp3) is 1.00. The van der Waals surface area contributed by atoms with Gasteiger partial charge in [-0.3, -0.25) is 9.80 Å². The highest BCUT2D eigenvalue weighted by Gasteiger charge is 2.35. The van der Waals surface area contributed by atoms with Gasteiger partial charge in [0.2, 0.25) is 0 Å². The van der Waals surface area contributed by atoms with Crippen LogP contribution in [0.2, 0.25) is 0 Å². The lowest BCUT2D eigenvalue weighted by molar-refractivity contribution is 0.0395. The maximum Gasteiger partial charge on any atom is 0.0224 e. The molecule has 2 fully saturated rings. The summed E-state index contributed by atoms with van der Waals surface area (Å²) in [4.78, 5) is 5.43. The number of piperazine rings is 1. The van der Waals surface area contributed by atoms with Gasteiger partial charge in [0, 0.05) is 37.0 Å². The van der Waals surface area contributed by atoms with E-state index in [1.807, 2.05) is 11.8 Å². The minimum absolute atomic E-state index is 0.748. The van der Waals surface area contributed by atoms with E-state index in [4.69, 9.17) is 0 Å². The van der Waals surface area contributed by atoms with Gasteiger partial charge in [-0.15, -0.1) is 0 Å². The van der Waals surface area contributed by atoms with Crippen molar-refractivity contribution in [2.24, 2.45) is 0 Å². The van der Waals surface area contributed by atoms with Gasteiger partial charge in [-0.25, -0.2) is 0 Å². The summed E-state index contributed by atoms with van der Waals surface area (Å²) < 4.78 is 0. The number of nitrogens with zero attached hydrogens (tertiary/aromatic N) is 2. The Bertz CT molecular complexity index is 210. The third-order valence-electron chi connectivity index (χ3n) is 3.96. The van der Waals surface area contributed by atoms with Gasteiger partial charge in [-0.1, -0.05) is 0 Å². The highest BCUT2D eigenvalue weighted by Crippen LogP contribution is 2.26. The molecule has 3 atom stereocenters. The van der Waals surface area contributed by atoms with Crippen LogP contribution >= 0.6 is 11.8 Å². The zero-order chi connectivity index (χ0) is 10.8. The highest BCUT2D eigenvalue weighted by molar-refractivity contribution is 7.98. The highest BCUT2D eigenvalue weighted by atomic mass is 32.2. The SMILES string of the molecule is CSCC(C)N1CC2CCCN2CC1C. The molecule has 0 amide bonds. The Morgan fingerprint density at radius 3 is 2.93 bits per heavy atom. The van der Waals surface area contributed by atoms with Gasteiger partial charge in [0.1, 0.15) is 0 Å². The number of hydrogen-bond acceptors (Lipinski definition) is 3. The van der Waals surface area contributed by atoms with Crippen molar-refractivity contribution >= 4 is 11.8 Å². The van der Waals surface area contributed by atoms with Crippen LogP contribution in [0.3, 0.4) is 0 Å². The summed E-state index contributed by atoms with van der Waals surface area (Å²) in [7, 11) is 0. The van der Waals surface area contributed by atoms with Gasteiger partial charge >= 0.3 is 0 Å². The normalized spacial score (nSPS) is 35.4. The minimum Gasteiger partial charge on any atom is -0.298 e. The molecule has 2 aliphatic heterocycles. The molecule has 0 saturated carbocycles. The van der Waals surface area contributed by atoms with E-state index < -0.39 is 0 Å². The van der Waals surface area contributed by atoms with Crippen molar-refractivity contribution in [3.63, 3.8) is 0 Å². The summed E-state index contributed by atoms with van der Waals surface area (Å²) in [6.07, 6.45) is 5.06. The van der Waals surface area contributed by atoms with Crippen LogP contribution < -0.4 is 0 Å². The molecule has 0 aromatic rings. The molecule has 3 heteroatoms. The Morgan fingerprint density at radius 1 is 1.40 bits per heavy atom. The van der Waals surface area contributed by atoms with Crippen molar-refractivity contribution in [1.82, 2.24) is 9.80 Å². The monoisotopic (exact) mass is 228 g/mol. The molecule has 0 aromatic carbocycles. The average molecular weight is 228 g/mol. The van der Waals surface area contributed by atoms with Crippen LogP contribution in [0, 0.1) is 0 Å². The number of fused-ring (bicyclic) bond motifs is 1. The Morgan fingerprint density at radius 2 is 2.20 bits per heavy atom. The fourth-order valence-electron chi connectivity index (χ4n) is 3.16.